The lowest BCUT2D eigenvalue weighted by molar-refractivity contribution is 0.492. The maximum atomic E-state index is 4.59. The lowest BCUT2D eigenvalue weighted by atomic mass is 10.0. The molecule has 4 heterocycles. The molecule has 154 valence electrons. The number of benzene rings is 1. The van der Waals surface area contributed by atoms with Crippen molar-refractivity contribution < 1.29 is 0 Å². The zero-order valence-corrected chi connectivity index (χ0v) is 17.3. The molecule has 4 aromatic rings. The zero-order chi connectivity index (χ0) is 21.2. The predicted octanol–water partition coefficient (Wildman–Crippen LogP) is 5.17. The van der Waals surface area contributed by atoms with E-state index in [-0.39, 0.29) is 0 Å². The summed E-state index contributed by atoms with van der Waals surface area (Å²) in [5, 5.41) is 11.9. The van der Waals surface area contributed by atoms with Crippen LogP contribution in [-0.2, 0) is 0 Å². The molecule has 5 rings (SSSR count). The first-order valence-electron chi connectivity index (χ1n) is 10.4. The number of anilines is 1. The van der Waals surface area contributed by atoms with Gasteiger partial charge in [-0.05, 0) is 48.7 Å². The summed E-state index contributed by atoms with van der Waals surface area (Å²) in [5.74, 6) is 0. The van der Waals surface area contributed by atoms with Crippen molar-refractivity contribution in [2.75, 3.05) is 18.4 Å². The van der Waals surface area contributed by atoms with Crippen LogP contribution in [-0.4, -0.2) is 38.2 Å². The number of hydrogen-bond acceptors (Lipinski definition) is 5. The van der Waals surface area contributed by atoms with Crippen molar-refractivity contribution in [1.82, 2.24) is 25.1 Å². The van der Waals surface area contributed by atoms with Crippen LogP contribution in [0.3, 0.4) is 0 Å². The Morgan fingerprint density at radius 3 is 2.61 bits per heavy atom. The highest BCUT2D eigenvalue weighted by Gasteiger charge is 2.16. The fourth-order valence-electron chi connectivity index (χ4n) is 3.98. The highest BCUT2D eigenvalue weighted by atomic mass is 15.2. The fraction of sp³-hybridized carbons (Fsp3) is 0.160. The Morgan fingerprint density at radius 2 is 1.87 bits per heavy atom. The van der Waals surface area contributed by atoms with Crippen LogP contribution < -0.4 is 5.32 Å². The van der Waals surface area contributed by atoms with E-state index >= 15 is 0 Å². The van der Waals surface area contributed by atoms with Crippen molar-refractivity contribution in [2.45, 2.75) is 12.8 Å². The minimum atomic E-state index is 0.711. The van der Waals surface area contributed by atoms with E-state index in [2.05, 4.69) is 55.7 Å². The second kappa shape index (κ2) is 8.07. The third kappa shape index (κ3) is 3.80. The van der Waals surface area contributed by atoms with Crippen LogP contribution in [0.15, 0.2) is 74.2 Å². The SMILES string of the molecule is C=C(Nc1ccc(C(=C)N2CCCC2)nc1)c1n[nH]c2ccc(-c3cccnc3)cc12. The molecule has 6 nitrogen and oxygen atoms in total. The number of pyridine rings is 2. The number of fused-ring (bicyclic) bond motifs is 1. The molecule has 31 heavy (non-hydrogen) atoms. The van der Waals surface area contributed by atoms with Gasteiger partial charge in [-0.2, -0.15) is 5.10 Å². The summed E-state index contributed by atoms with van der Waals surface area (Å²) < 4.78 is 0. The summed E-state index contributed by atoms with van der Waals surface area (Å²) in [7, 11) is 0. The van der Waals surface area contributed by atoms with Crippen LogP contribution in [0.1, 0.15) is 24.2 Å². The molecule has 0 radical (unpaired) electrons. The van der Waals surface area contributed by atoms with Gasteiger partial charge in [0.2, 0.25) is 0 Å². The predicted molar refractivity (Wildman–Crippen MR) is 126 cm³/mol. The highest BCUT2D eigenvalue weighted by Crippen LogP contribution is 2.28. The third-order valence-electron chi connectivity index (χ3n) is 5.69. The standard InChI is InChI=1S/C25H24N6/c1-17(28-21-8-10-23(27-16-21)18(2)31-12-3-4-13-31)25-22-14-19(7-9-24(22)29-30-25)20-6-5-11-26-15-20/h5-11,14-16,28H,1-4,12-13H2,(H,29,30). The van der Waals surface area contributed by atoms with E-state index in [0.717, 1.165) is 57.9 Å². The Hall–Kier alpha value is -3.93. The van der Waals surface area contributed by atoms with Gasteiger partial charge in [0.1, 0.15) is 5.69 Å². The van der Waals surface area contributed by atoms with Gasteiger partial charge < -0.3 is 10.2 Å². The highest BCUT2D eigenvalue weighted by molar-refractivity contribution is 5.95. The summed E-state index contributed by atoms with van der Waals surface area (Å²) in [5.41, 5.74) is 7.36. The van der Waals surface area contributed by atoms with Gasteiger partial charge in [0.05, 0.1) is 34.5 Å². The second-order valence-electron chi connectivity index (χ2n) is 7.75. The molecule has 0 atom stereocenters. The van der Waals surface area contributed by atoms with Gasteiger partial charge in [0.25, 0.3) is 0 Å². The van der Waals surface area contributed by atoms with E-state index < -0.39 is 0 Å². The van der Waals surface area contributed by atoms with Crippen molar-refractivity contribution in [1.29, 1.82) is 0 Å². The normalized spacial score (nSPS) is 13.5. The van der Waals surface area contributed by atoms with Crippen LogP contribution in [0.25, 0.3) is 33.4 Å². The summed E-state index contributed by atoms with van der Waals surface area (Å²) in [4.78, 5) is 11.1. The van der Waals surface area contributed by atoms with Crippen LogP contribution in [0.2, 0.25) is 0 Å². The van der Waals surface area contributed by atoms with E-state index in [4.69, 9.17) is 0 Å². The molecule has 1 aromatic carbocycles. The Morgan fingerprint density at radius 1 is 1.00 bits per heavy atom. The maximum Gasteiger partial charge on any atom is 0.116 e. The van der Waals surface area contributed by atoms with Crippen LogP contribution in [0.5, 0.6) is 0 Å². The van der Waals surface area contributed by atoms with Gasteiger partial charge in [0.15, 0.2) is 0 Å². The molecule has 0 unspecified atom stereocenters. The number of likely N-dealkylation sites (tertiary alicyclic amines) is 1. The third-order valence-corrected chi connectivity index (χ3v) is 5.69. The number of aromatic amines is 1. The lowest BCUT2D eigenvalue weighted by Crippen LogP contribution is -2.17. The van der Waals surface area contributed by atoms with Crippen LogP contribution >= 0.6 is 0 Å². The largest absolute Gasteiger partial charge is 0.370 e. The number of hydrogen-bond donors (Lipinski definition) is 2. The van der Waals surface area contributed by atoms with E-state index in [9.17, 15) is 0 Å². The Kier molecular flexibility index (Phi) is 4.96. The number of nitrogens with one attached hydrogen (secondary N) is 2. The van der Waals surface area contributed by atoms with E-state index in [1.54, 1.807) is 6.20 Å². The number of aromatic nitrogens is 4. The summed E-state index contributed by atoms with van der Waals surface area (Å²) in [6.45, 7) is 10.5. The number of rotatable bonds is 6. The maximum absolute atomic E-state index is 4.59. The number of H-pyrrole nitrogens is 1. The first kappa shape index (κ1) is 19.1. The van der Waals surface area contributed by atoms with Gasteiger partial charge in [-0.1, -0.05) is 25.3 Å². The molecule has 6 heteroatoms. The van der Waals surface area contributed by atoms with Gasteiger partial charge >= 0.3 is 0 Å². The quantitative estimate of drug-likeness (QED) is 0.461. The fourth-order valence-corrected chi connectivity index (χ4v) is 3.98. The van der Waals surface area contributed by atoms with Crippen LogP contribution in [0.4, 0.5) is 5.69 Å². The molecular formula is C25H24N6. The molecule has 3 aromatic heterocycles. The van der Waals surface area contributed by atoms with E-state index in [1.807, 2.05) is 42.7 Å². The molecule has 2 N–H and O–H groups in total. The van der Waals surface area contributed by atoms with Crippen LogP contribution in [0, 0.1) is 0 Å². The Balaban J connectivity index is 1.36. The first-order valence-corrected chi connectivity index (χ1v) is 10.4. The Bertz CT molecular complexity index is 1230. The average Bonchev–Trinajstić information content (AvgIpc) is 3.49. The molecule has 0 spiro atoms. The molecule has 0 aliphatic carbocycles. The van der Waals surface area contributed by atoms with E-state index in [1.165, 1.54) is 12.8 Å². The van der Waals surface area contributed by atoms with Crippen molar-refractivity contribution in [3.8, 4) is 11.1 Å². The van der Waals surface area contributed by atoms with Crippen molar-refractivity contribution in [2.24, 2.45) is 0 Å². The van der Waals surface area contributed by atoms with Gasteiger partial charge in [-0.15, -0.1) is 0 Å². The number of nitrogens with zero attached hydrogens (tertiary/aromatic N) is 4. The summed E-state index contributed by atoms with van der Waals surface area (Å²) >= 11 is 0. The molecule has 0 bridgehead atoms. The first-order chi connectivity index (χ1) is 15.2. The van der Waals surface area contributed by atoms with Crippen molar-refractivity contribution in [3.05, 3.63) is 85.6 Å². The summed E-state index contributed by atoms with van der Waals surface area (Å²) in [6, 6.07) is 14.2. The average molecular weight is 409 g/mol. The second-order valence-corrected chi connectivity index (χ2v) is 7.75. The minimum Gasteiger partial charge on any atom is -0.370 e. The lowest BCUT2D eigenvalue weighted by Gasteiger charge is -2.19. The monoisotopic (exact) mass is 408 g/mol. The zero-order valence-electron chi connectivity index (χ0n) is 17.3. The molecule has 0 amide bonds. The van der Waals surface area contributed by atoms with Gasteiger partial charge in [-0.3, -0.25) is 15.1 Å². The minimum absolute atomic E-state index is 0.711. The van der Waals surface area contributed by atoms with Gasteiger partial charge in [-0.25, -0.2) is 0 Å². The molecule has 1 aliphatic heterocycles. The molecule has 1 fully saturated rings. The van der Waals surface area contributed by atoms with Gasteiger partial charge in [0, 0.05) is 36.4 Å². The topological polar surface area (TPSA) is 69.7 Å². The molecule has 0 saturated carbocycles. The molecule has 1 aliphatic rings. The summed E-state index contributed by atoms with van der Waals surface area (Å²) in [6.07, 6.45) is 7.89. The smallest absolute Gasteiger partial charge is 0.116 e. The van der Waals surface area contributed by atoms with E-state index in [0.29, 0.717) is 5.70 Å². The van der Waals surface area contributed by atoms with Crippen molar-refractivity contribution >= 4 is 28.0 Å². The Labute approximate surface area is 181 Å². The molecular weight excluding hydrogens is 384 g/mol. The van der Waals surface area contributed by atoms with Crippen molar-refractivity contribution in [3.63, 3.8) is 0 Å². The molecule has 1 saturated heterocycles.